The van der Waals surface area contributed by atoms with Gasteiger partial charge < -0.3 is 10.1 Å². The van der Waals surface area contributed by atoms with Gasteiger partial charge in [0.1, 0.15) is 5.75 Å². The molecule has 1 aromatic carbocycles. The van der Waals surface area contributed by atoms with Gasteiger partial charge in [0.25, 0.3) is 0 Å². The summed E-state index contributed by atoms with van der Waals surface area (Å²) in [6.45, 7) is 3.76. The number of carbonyl (C=O) groups is 1. The van der Waals surface area contributed by atoms with Gasteiger partial charge in [-0.15, -0.1) is 0 Å². The summed E-state index contributed by atoms with van der Waals surface area (Å²) in [5.41, 5.74) is 0. The molecule has 0 aromatic heterocycles. The maximum atomic E-state index is 11.2. The maximum Gasteiger partial charge on any atom is 0.412 e. The molecule has 76 valence electrons. The molecule has 0 bridgehead atoms. The predicted octanol–water partition coefficient (Wildman–Crippen LogP) is 2.95. The van der Waals surface area contributed by atoms with Gasteiger partial charge in [0, 0.05) is 10.5 Å². The minimum Gasteiger partial charge on any atom is -0.410 e. The van der Waals surface area contributed by atoms with Gasteiger partial charge in [-0.1, -0.05) is 15.9 Å². The van der Waals surface area contributed by atoms with E-state index in [1.54, 1.807) is 12.1 Å². The first-order chi connectivity index (χ1) is 6.58. The topological polar surface area (TPSA) is 38.3 Å². The normalized spacial score (nSPS) is 10.0. The van der Waals surface area contributed by atoms with Gasteiger partial charge in [0.05, 0.1) is 0 Å². The summed E-state index contributed by atoms with van der Waals surface area (Å²) < 4.78 is 5.96. The number of ether oxygens (including phenoxy) is 1. The monoisotopic (exact) mass is 257 g/mol. The average Bonchev–Trinajstić information content (AvgIpc) is 2.07. The highest BCUT2D eigenvalue weighted by Gasteiger charge is 2.04. The first kappa shape index (κ1) is 11.0. The molecule has 0 fully saturated rings. The van der Waals surface area contributed by atoms with Crippen LogP contribution >= 0.6 is 15.9 Å². The molecule has 0 atom stereocenters. The number of carbonyl (C=O) groups excluding carboxylic acids is 1. The van der Waals surface area contributed by atoms with Crippen LogP contribution in [-0.4, -0.2) is 12.1 Å². The molecule has 1 rings (SSSR count). The van der Waals surface area contributed by atoms with Crippen LogP contribution < -0.4 is 10.1 Å². The first-order valence-corrected chi connectivity index (χ1v) is 5.11. The van der Waals surface area contributed by atoms with Crippen molar-refractivity contribution in [2.45, 2.75) is 19.9 Å². The summed E-state index contributed by atoms with van der Waals surface area (Å²) in [6.07, 6.45) is -0.428. The zero-order valence-electron chi connectivity index (χ0n) is 8.08. The molecular weight excluding hydrogens is 246 g/mol. The SMILES string of the molecule is CC(C)NC(=O)Oc1ccc(Br)cc1. The minimum absolute atomic E-state index is 0.0814. The number of hydrogen-bond acceptors (Lipinski definition) is 2. The Morgan fingerprint density at radius 2 is 1.93 bits per heavy atom. The van der Waals surface area contributed by atoms with Crippen molar-refractivity contribution in [2.24, 2.45) is 0 Å². The molecule has 3 nitrogen and oxygen atoms in total. The zero-order chi connectivity index (χ0) is 10.6. The van der Waals surface area contributed by atoms with Crippen molar-refractivity contribution in [3.63, 3.8) is 0 Å². The van der Waals surface area contributed by atoms with Crippen molar-refractivity contribution in [3.05, 3.63) is 28.7 Å². The molecule has 0 aliphatic heterocycles. The van der Waals surface area contributed by atoms with Crippen LogP contribution in [0.25, 0.3) is 0 Å². The highest BCUT2D eigenvalue weighted by Crippen LogP contribution is 2.15. The minimum atomic E-state index is -0.428. The van der Waals surface area contributed by atoms with Crippen molar-refractivity contribution in [2.75, 3.05) is 0 Å². The quantitative estimate of drug-likeness (QED) is 0.885. The second kappa shape index (κ2) is 5.00. The van der Waals surface area contributed by atoms with E-state index < -0.39 is 6.09 Å². The van der Waals surface area contributed by atoms with Gasteiger partial charge in [-0.3, -0.25) is 0 Å². The average molecular weight is 258 g/mol. The third-order valence-corrected chi connectivity index (χ3v) is 1.96. The smallest absolute Gasteiger partial charge is 0.410 e. The zero-order valence-corrected chi connectivity index (χ0v) is 9.67. The number of nitrogens with one attached hydrogen (secondary N) is 1. The summed E-state index contributed by atoms with van der Waals surface area (Å²) in [6, 6.07) is 7.17. The third-order valence-electron chi connectivity index (χ3n) is 1.43. The van der Waals surface area contributed by atoms with Gasteiger partial charge in [-0.05, 0) is 38.1 Å². The van der Waals surface area contributed by atoms with Crippen LogP contribution in [0.5, 0.6) is 5.75 Å². The van der Waals surface area contributed by atoms with E-state index in [0.29, 0.717) is 5.75 Å². The lowest BCUT2D eigenvalue weighted by Crippen LogP contribution is -2.32. The van der Waals surface area contributed by atoms with Crippen molar-refractivity contribution < 1.29 is 9.53 Å². The van der Waals surface area contributed by atoms with Crippen LogP contribution in [0.1, 0.15) is 13.8 Å². The molecule has 0 aliphatic carbocycles. The van der Waals surface area contributed by atoms with Crippen LogP contribution in [0, 0.1) is 0 Å². The molecular formula is C10H12BrNO2. The summed E-state index contributed by atoms with van der Waals surface area (Å²) in [5.74, 6) is 0.534. The van der Waals surface area contributed by atoms with Gasteiger partial charge in [-0.25, -0.2) is 4.79 Å². The molecule has 1 aromatic rings. The van der Waals surface area contributed by atoms with Gasteiger partial charge in [0.2, 0.25) is 0 Å². The van der Waals surface area contributed by atoms with Gasteiger partial charge in [-0.2, -0.15) is 0 Å². The van der Waals surface area contributed by atoms with Gasteiger partial charge >= 0.3 is 6.09 Å². The molecule has 0 saturated carbocycles. The second-order valence-electron chi connectivity index (χ2n) is 3.14. The lowest BCUT2D eigenvalue weighted by Gasteiger charge is -2.08. The Morgan fingerprint density at radius 3 is 2.43 bits per heavy atom. The second-order valence-corrected chi connectivity index (χ2v) is 4.06. The first-order valence-electron chi connectivity index (χ1n) is 4.32. The lowest BCUT2D eigenvalue weighted by molar-refractivity contribution is 0.198. The van der Waals surface area contributed by atoms with E-state index in [-0.39, 0.29) is 6.04 Å². The van der Waals surface area contributed by atoms with E-state index >= 15 is 0 Å². The number of rotatable bonds is 2. The third kappa shape index (κ3) is 3.79. The van der Waals surface area contributed by atoms with E-state index in [4.69, 9.17) is 4.74 Å². The molecule has 1 amide bonds. The maximum absolute atomic E-state index is 11.2. The summed E-state index contributed by atoms with van der Waals surface area (Å²) >= 11 is 3.30. The van der Waals surface area contributed by atoms with Crippen molar-refractivity contribution in [1.82, 2.24) is 5.32 Å². The molecule has 0 heterocycles. The van der Waals surface area contributed by atoms with Crippen LogP contribution in [0.2, 0.25) is 0 Å². The van der Waals surface area contributed by atoms with E-state index in [9.17, 15) is 4.79 Å². The van der Waals surface area contributed by atoms with Crippen molar-refractivity contribution >= 4 is 22.0 Å². The number of hydrogen-bond donors (Lipinski definition) is 1. The van der Waals surface area contributed by atoms with Crippen molar-refractivity contribution in [1.29, 1.82) is 0 Å². The molecule has 0 aliphatic rings. The molecule has 0 unspecified atom stereocenters. The van der Waals surface area contributed by atoms with E-state index in [1.165, 1.54) is 0 Å². The fourth-order valence-corrected chi connectivity index (χ4v) is 1.14. The van der Waals surface area contributed by atoms with Crippen LogP contribution in [0.4, 0.5) is 4.79 Å². The molecule has 0 radical (unpaired) electrons. The number of halogens is 1. The molecule has 0 saturated heterocycles. The predicted molar refractivity (Wildman–Crippen MR) is 58.4 cm³/mol. The Balaban J connectivity index is 2.52. The summed E-state index contributed by atoms with van der Waals surface area (Å²) in [4.78, 5) is 11.2. The Morgan fingerprint density at radius 1 is 1.36 bits per heavy atom. The molecule has 1 N–H and O–H groups in total. The van der Waals surface area contributed by atoms with Crippen LogP contribution in [-0.2, 0) is 0 Å². The fourth-order valence-electron chi connectivity index (χ4n) is 0.875. The van der Waals surface area contributed by atoms with Crippen LogP contribution in [0.3, 0.4) is 0 Å². The van der Waals surface area contributed by atoms with E-state index in [2.05, 4.69) is 21.2 Å². The Bertz CT molecular complexity index is 308. The number of amides is 1. The fraction of sp³-hybridized carbons (Fsp3) is 0.300. The highest BCUT2D eigenvalue weighted by atomic mass is 79.9. The van der Waals surface area contributed by atoms with Crippen molar-refractivity contribution in [3.8, 4) is 5.75 Å². The highest BCUT2D eigenvalue weighted by molar-refractivity contribution is 9.10. The Labute approximate surface area is 91.6 Å². The van der Waals surface area contributed by atoms with E-state index in [1.807, 2.05) is 26.0 Å². The largest absolute Gasteiger partial charge is 0.412 e. The Hall–Kier alpha value is -1.03. The van der Waals surface area contributed by atoms with Gasteiger partial charge in [0.15, 0.2) is 0 Å². The molecule has 0 spiro atoms. The standard InChI is InChI=1S/C10H12BrNO2/c1-7(2)12-10(13)14-9-5-3-8(11)4-6-9/h3-7H,1-2H3,(H,12,13). The summed E-state index contributed by atoms with van der Waals surface area (Å²) in [7, 11) is 0. The Kier molecular flexibility index (Phi) is 3.95. The number of benzene rings is 1. The lowest BCUT2D eigenvalue weighted by atomic mass is 10.3. The molecule has 4 heteroatoms. The van der Waals surface area contributed by atoms with Crippen LogP contribution in [0.15, 0.2) is 28.7 Å². The molecule has 14 heavy (non-hydrogen) atoms. The summed E-state index contributed by atoms with van der Waals surface area (Å²) in [5, 5.41) is 2.63. The van der Waals surface area contributed by atoms with E-state index in [0.717, 1.165) is 4.47 Å².